The normalized spacial score (nSPS) is 22.7. The van der Waals surface area contributed by atoms with Gasteiger partial charge in [-0.15, -0.1) is 0 Å². The Labute approximate surface area is 163 Å². The average Bonchev–Trinajstić information content (AvgIpc) is 2.62. The van der Waals surface area contributed by atoms with Crippen molar-refractivity contribution in [1.82, 2.24) is 9.88 Å². The van der Waals surface area contributed by atoms with Crippen molar-refractivity contribution in [3.63, 3.8) is 0 Å². The molecule has 2 rings (SSSR count). The van der Waals surface area contributed by atoms with Gasteiger partial charge in [-0.1, -0.05) is 13.8 Å². The molecule has 0 bridgehead atoms. The number of β-lactam (4-membered cyclic amide) rings is 1. The number of pyridine rings is 1. The molecule has 1 aliphatic heterocycles. The van der Waals surface area contributed by atoms with Crippen LogP contribution in [-0.4, -0.2) is 62.3 Å². The van der Waals surface area contributed by atoms with Gasteiger partial charge in [0.1, 0.15) is 19.3 Å². The summed E-state index contributed by atoms with van der Waals surface area (Å²) >= 11 is 3.40. The summed E-state index contributed by atoms with van der Waals surface area (Å²) in [6.07, 6.45) is 2.81. The molecule has 0 spiro atoms. The van der Waals surface area contributed by atoms with Crippen LogP contribution >= 0.6 is 15.9 Å². The zero-order chi connectivity index (χ0) is 19.3. The molecule has 0 aliphatic carbocycles. The van der Waals surface area contributed by atoms with Gasteiger partial charge in [-0.05, 0) is 28.3 Å². The third kappa shape index (κ3) is 4.19. The summed E-state index contributed by atoms with van der Waals surface area (Å²) in [7, 11) is 4.72. The Bertz CT molecular complexity index is 628. The predicted molar refractivity (Wildman–Crippen MR) is 99.9 cm³/mol. The van der Waals surface area contributed by atoms with Crippen molar-refractivity contribution in [2.24, 2.45) is 5.92 Å². The van der Waals surface area contributed by atoms with Crippen molar-refractivity contribution in [3.8, 4) is 5.75 Å². The van der Waals surface area contributed by atoms with E-state index in [4.69, 9.17) is 18.9 Å². The molecule has 0 N–H and O–H groups in total. The van der Waals surface area contributed by atoms with Gasteiger partial charge in [0.25, 0.3) is 5.91 Å². The monoisotopic (exact) mass is 430 g/mol. The molecule has 1 aromatic heterocycles. The number of halogens is 1. The van der Waals surface area contributed by atoms with Crippen molar-refractivity contribution < 1.29 is 23.7 Å². The van der Waals surface area contributed by atoms with Gasteiger partial charge in [-0.25, -0.2) is 0 Å². The van der Waals surface area contributed by atoms with E-state index in [1.54, 1.807) is 32.4 Å². The van der Waals surface area contributed by atoms with E-state index in [1.807, 2.05) is 6.07 Å². The minimum atomic E-state index is -1.01. The third-order valence-electron chi connectivity index (χ3n) is 4.48. The quantitative estimate of drug-likeness (QED) is 0.419. The fourth-order valence-corrected chi connectivity index (χ4v) is 3.69. The van der Waals surface area contributed by atoms with E-state index in [1.165, 1.54) is 0 Å². The lowest BCUT2D eigenvalue weighted by Gasteiger charge is -2.55. The predicted octanol–water partition coefficient (Wildman–Crippen LogP) is 2.62. The van der Waals surface area contributed by atoms with Crippen molar-refractivity contribution >= 4 is 21.8 Å². The Morgan fingerprint density at radius 1 is 1.31 bits per heavy atom. The lowest BCUT2D eigenvalue weighted by Crippen LogP contribution is -2.76. The van der Waals surface area contributed by atoms with Crippen LogP contribution in [0, 0.1) is 5.92 Å². The number of hydrogen-bond acceptors (Lipinski definition) is 6. The summed E-state index contributed by atoms with van der Waals surface area (Å²) in [4.78, 5) is 19.1. The Morgan fingerprint density at radius 3 is 2.62 bits per heavy atom. The molecule has 0 aromatic carbocycles. The molecule has 26 heavy (non-hydrogen) atoms. The minimum absolute atomic E-state index is 0.0365. The molecule has 0 radical (unpaired) electrons. The van der Waals surface area contributed by atoms with Gasteiger partial charge < -0.3 is 23.8 Å². The summed E-state index contributed by atoms with van der Waals surface area (Å²) in [6, 6.07) is 1.71. The van der Waals surface area contributed by atoms with Gasteiger partial charge in [-0.3, -0.25) is 9.78 Å². The SMILES string of the molecule is COCO[C@@]1(Cc2cc(OC)c(Br)cn2)C(=O)N(COC)[C@H]1CC(C)C. The first kappa shape index (κ1) is 21.1. The fourth-order valence-electron chi connectivity index (χ4n) is 3.31. The van der Waals surface area contributed by atoms with Gasteiger partial charge in [0.05, 0.1) is 17.6 Å². The first-order chi connectivity index (χ1) is 12.4. The molecule has 1 saturated heterocycles. The van der Waals surface area contributed by atoms with Crippen molar-refractivity contribution in [3.05, 3.63) is 22.4 Å². The Morgan fingerprint density at radius 2 is 2.04 bits per heavy atom. The largest absolute Gasteiger partial charge is 0.495 e. The van der Waals surface area contributed by atoms with E-state index in [-0.39, 0.29) is 25.5 Å². The zero-order valence-corrected chi connectivity index (χ0v) is 17.5. The van der Waals surface area contributed by atoms with Gasteiger partial charge in [0, 0.05) is 38.6 Å². The molecule has 1 aliphatic rings. The summed E-state index contributed by atoms with van der Waals surface area (Å²) < 4.78 is 22.4. The molecule has 0 unspecified atom stereocenters. The summed E-state index contributed by atoms with van der Waals surface area (Å²) in [6.45, 7) is 4.52. The van der Waals surface area contributed by atoms with Crippen LogP contribution in [0.1, 0.15) is 26.0 Å². The molecule has 0 saturated carbocycles. The Balaban J connectivity index is 2.35. The number of likely N-dealkylation sites (tertiary alicyclic amines) is 1. The first-order valence-electron chi connectivity index (χ1n) is 8.50. The fraction of sp³-hybridized carbons (Fsp3) is 0.667. The highest BCUT2D eigenvalue weighted by atomic mass is 79.9. The van der Waals surface area contributed by atoms with Crippen molar-refractivity contribution in [1.29, 1.82) is 0 Å². The molecule has 1 fully saturated rings. The summed E-state index contributed by atoms with van der Waals surface area (Å²) in [5, 5.41) is 0. The van der Waals surface area contributed by atoms with E-state index in [2.05, 4.69) is 34.8 Å². The third-order valence-corrected chi connectivity index (χ3v) is 5.07. The highest BCUT2D eigenvalue weighted by molar-refractivity contribution is 9.10. The van der Waals surface area contributed by atoms with Crippen molar-refractivity contribution in [2.75, 3.05) is 34.9 Å². The zero-order valence-electron chi connectivity index (χ0n) is 16.0. The van der Waals surface area contributed by atoms with E-state index >= 15 is 0 Å². The van der Waals surface area contributed by atoms with Crippen LogP contribution in [0.4, 0.5) is 0 Å². The van der Waals surface area contributed by atoms with Gasteiger partial charge in [0.15, 0.2) is 5.60 Å². The van der Waals surface area contributed by atoms with E-state index in [0.717, 1.165) is 16.6 Å². The molecule has 8 heteroatoms. The van der Waals surface area contributed by atoms with Crippen LogP contribution in [0.3, 0.4) is 0 Å². The topological polar surface area (TPSA) is 70.1 Å². The summed E-state index contributed by atoms with van der Waals surface area (Å²) in [5.74, 6) is 0.953. The number of nitrogens with zero attached hydrogens (tertiary/aromatic N) is 2. The number of hydrogen-bond donors (Lipinski definition) is 0. The average molecular weight is 431 g/mol. The smallest absolute Gasteiger partial charge is 0.259 e. The number of carbonyl (C=O) groups is 1. The second-order valence-electron chi connectivity index (χ2n) is 6.77. The van der Waals surface area contributed by atoms with Gasteiger partial charge >= 0.3 is 0 Å². The lowest BCUT2D eigenvalue weighted by atomic mass is 9.75. The molecule has 2 atom stereocenters. The second kappa shape index (κ2) is 9.12. The molecule has 7 nitrogen and oxygen atoms in total. The van der Waals surface area contributed by atoms with E-state index < -0.39 is 5.60 Å². The number of aromatic nitrogens is 1. The molecule has 1 aromatic rings. The van der Waals surface area contributed by atoms with Crippen LogP contribution in [0.5, 0.6) is 5.75 Å². The number of ether oxygens (including phenoxy) is 4. The highest BCUT2D eigenvalue weighted by Crippen LogP contribution is 2.41. The Kier molecular flexibility index (Phi) is 7.40. The molecular formula is C18H27BrN2O5. The van der Waals surface area contributed by atoms with Gasteiger partial charge in [-0.2, -0.15) is 0 Å². The van der Waals surface area contributed by atoms with Crippen LogP contribution in [0.2, 0.25) is 0 Å². The number of amides is 1. The standard InChI is InChI=1S/C18H27BrN2O5/c1-12(2)6-16-18(26-11-24-4,17(22)21(16)10-23-3)8-13-7-15(25-5)14(19)9-20-13/h7,9,12,16H,6,8,10-11H2,1-5H3/t16-,18+/m0/s1. The molecule has 146 valence electrons. The first-order valence-corrected chi connectivity index (χ1v) is 9.30. The highest BCUT2D eigenvalue weighted by Gasteiger charge is 2.62. The molecule has 2 heterocycles. The van der Waals surface area contributed by atoms with Gasteiger partial charge in [0.2, 0.25) is 0 Å². The van der Waals surface area contributed by atoms with E-state index in [0.29, 0.717) is 18.1 Å². The van der Waals surface area contributed by atoms with Crippen LogP contribution < -0.4 is 4.74 Å². The van der Waals surface area contributed by atoms with Crippen LogP contribution in [-0.2, 0) is 25.4 Å². The summed E-state index contributed by atoms with van der Waals surface area (Å²) in [5.41, 5.74) is -0.287. The Hall–Kier alpha value is -1.22. The van der Waals surface area contributed by atoms with Crippen LogP contribution in [0.15, 0.2) is 16.7 Å². The maximum Gasteiger partial charge on any atom is 0.259 e. The minimum Gasteiger partial charge on any atom is -0.495 e. The number of methoxy groups -OCH3 is 3. The molecule has 1 amide bonds. The second-order valence-corrected chi connectivity index (χ2v) is 7.62. The van der Waals surface area contributed by atoms with E-state index in [9.17, 15) is 4.79 Å². The van der Waals surface area contributed by atoms with Crippen LogP contribution in [0.25, 0.3) is 0 Å². The van der Waals surface area contributed by atoms with Crippen molar-refractivity contribution in [2.45, 2.75) is 38.3 Å². The maximum absolute atomic E-state index is 13.0. The lowest BCUT2D eigenvalue weighted by molar-refractivity contribution is -0.235. The number of carbonyl (C=O) groups excluding carboxylic acids is 1. The maximum atomic E-state index is 13.0. The number of rotatable bonds is 10. The molecular weight excluding hydrogens is 404 g/mol.